The smallest absolute Gasteiger partial charge is 0.111 e. The molecule has 0 saturated heterocycles. The van der Waals surface area contributed by atoms with Gasteiger partial charge < -0.3 is 4.57 Å². The van der Waals surface area contributed by atoms with E-state index >= 15 is 0 Å². The van der Waals surface area contributed by atoms with Gasteiger partial charge in [0.1, 0.15) is 5.82 Å². The molecule has 1 aromatic heterocycles. The molecule has 1 fully saturated rings. The van der Waals surface area contributed by atoms with Crippen molar-refractivity contribution in [2.45, 2.75) is 38.6 Å². The van der Waals surface area contributed by atoms with Crippen LogP contribution in [0, 0.1) is 17.2 Å². The Kier molecular flexibility index (Phi) is 3.93. The highest BCUT2D eigenvalue weighted by Gasteiger charge is 2.19. The Morgan fingerprint density at radius 2 is 2.15 bits per heavy atom. The molecule has 0 spiro atoms. The lowest BCUT2D eigenvalue weighted by molar-refractivity contribution is 0.455. The summed E-state index contributed by atoms with van der Waals surface area (Å²) in [4.78, 5) is 4.69. The van der Waals surface area contributed by atoms with Crippen molar-refractivity contribution in [3.05, 3.63) is 29.6 Å². The molecule has 0 bridgehead atoms. The van der Waals surface area contributed by atoms with Gasteiger partial charge in [-0.15, -0.1) is 11.6 Å². The molecule has 1 aromatic carbocycles. The monoisotopic (exact) mass is 287 g/mol. The molecule has 4 heteroatoms. The van der Waals surface area contributed by atoms with Gasteiger partial charge in [-0.2, -0.15) is 5.26 Å². The zero-order valence-corrected chi connectivity index (χ0v) is 12.2. The summed E-state index contributed by atoms with van der Waals surface area (Å²) in [5.74, 6) is 2.38. The summed E-state index contributed by atoms with van der Waals surface area (Å²) in [6.45, 7) is 1.01. The fourth-order valence-electron chi connectivity index (χ4n) is 3.17. The minimum Gasteiger partial charge on any atom is -0.328 e. The van der Waals surface area contributed by atoms with E-state index in [1.165, 1.54) is 25.7 Å². The molecule has 3 nitrogen and oxygen atoms in total. The average molecular weight is 288 g/mol. The number of halogens is 1. The van der Waals surface area contributed by atoms with Gasteiger partial charge in [0.2, 0.25) is 0 Å². The lowest BCUT2D eigenvalue weighted by Gasteiger charge is -2.13. The predicted molar refractivity (Wildman–Crippen MR) is 80.8 cm³/mol. The Morgan fingerprint density at radius 3 is 2.85 bits per heavy atom. The van der Waals surface area contributed by atoms with Crippen LogP contribution in [-0.4, -0.2) is 15.4 Å². The van der Waals surface area contributed by atoms with Gasteiger partial charge in [-0.3, -0.25) is 0 Å². The van der Waals surface area contributed by atoms with Crippen molar-refractivity contribution in [3.63, 3.8) is 0 Å². The number of fused-ring (bicyclic) bond motifs is 1. The number of rotatable bonds is 4. The quantitative estimate of drug-likeness (QED) is 0.801. The first-order valence-electron chi connectivity index (χ1n) is 7.27. The maximum atomic E-state index is 9.08. The van der Waals surface area contributed by atoms with Crippen molar-refractivity contribution in [2.24, 2.45) is 5.92 Å². The number of alkyl halides is 1. The van der Waals surface area contributed by atoms with Gasteiger partial charge in [0, 0.05) is 18.8 Å². The fraction of sp³-hybridized carbons (Fsp3) is 0.500. The minimum absolute atomic E-state index is 0.582. The second kappa shape index (κ2) is 5.85. The topological polar surface area (TPSA) is 41.6 Å². The van der Waals surface area contributed by atoms with Crippen LogP contribution >= 0.6 is 11.6 Å². The molecular formula is C16H18ClN3. The van der Waals surface area contributed by atoms with E-state index in [0.717, 1.165) is 35.7 Å². The molecule has 0 aliphatic heterocycles. The maximum absolute atomic E-state index is 9.08. The molecule has 1 saturated carbocycles. The number of benzene rings is 1. The summed E-state index contributed by atoms with van der Waals surface area (Å²) in [6.07, 6.45) is 6.07. The SMILES string of the molecule is N#Cc1ccc2nc(CCCl)n(CC3CCCC3)c2c1. The first-order chi connectivity index (χ1) is 9.81. The number of nitrogens with zero attached hydrogens (tertiary/aromatic N) is 3. The Labute approximate surface area is 124 Å². The highest BCUT2D eigenvalue weighted by Crippen LogP contribution is 2.29. The largest absolute Gasteiger partial charge is 0.328 e. The van der Waals surface area contributed by atoms with Gasteiger partial charge in [0.25, 0.3) is 0 Å². The van der Waals surface area contributed by atoms with E-state index in [2.05, 4.69) is 15.6 Å². The number of aromatic nitrogens is 2. The van der Waals surface area contributed by atoms with E-state index in [0.29, 0.717) is 11.4 Å². The number of imidazole rings is 1. The molecule has 0 unspecified atom stereocenters. The van der Waals surface area contributed by atoms with Crippen molar-refractivity contribution in [2.75, 3.05) is 5.88 Å². The van der Waals surface area contributed by atoms with Crippen molar-refractivity contribution < 1.29 is 0 Å². The number of nitriles is 1. The summed E-state index contributed by atoms with van der Waals surface area (Å²) in [6, 6.07) is 7.94. The van der Waals surface area contributed by atoms with Crippen LogP contribution in [0.15, 0.2) is 18.2 Å². The zero-order valence-electron chi connectivity index (χ0n) is 11.5. The summed E-state index contributed by atoms with van der Waals surface area (Å²) >= 11 is 5.91. The van der Waals surface area contributed by atoms with Crippen molar-refractivity contribution in [1.29, 1.82) is 5.26 Å². The number of hydrogen-bond donors (Lipinski definition) is 0. The minimum atomic E-state index is 0.582. The number of hydrogen-bond acceptors (Lipinski definition) is 2. The Hall–Kier alpha value is -1.53. The normalized spacial score (nSPS) is 15.8. The molecule has 1 aliphatic rings. The van der Waals surface area contributed by atoms with E-state index in [4.69, 9.17) is 16.9 Å². The molecule has 1 heterocycles. The van der Waals surface area contributed by atoms with E-state index in [1.54, 1.807) is 0 Å². The van der Waals surface area contributed by atoms with Crippen molar-refractivity contribution >= 4 is 22.6 Å². The summed E-state index contributed by atoms with van der Waals surface area (Å²) in [7, 11) is 0. The van der Waals surface area contributed by atoms with Crippen LogP contribution in [0.1, 0.15) is 37.1 Å². The average Bonchev–Trinajstić information content (AvgIpc) is 3.08. The van der Waals surface area contributed by atoms with Gasteiger partial charge in [-0.25, -0.2) is 4.98 Å². The highest BCUT2D eigenvalue weighted by molar-refractivity contribution is 6.17. The van der Waals surface area contributed by atoms with Crippen LogP contribution in [0.25, 0.3) is 11.0 Å². The molecular weight excluding hydrogens is 270 g/mol. The van der Waals surface area contributed by atoms with Gasteiger partial charge >= 0.3 is 0 Å². The molecule has 3 rings (SSSR count). The van der Waals surface area contributed by atoms with Crippen LogP contribution in [-0.2, 0) is 13.0 Å². The molecule has 2 aromatic rings. The first kappa shape index (κ1) is 13.5. The second-order valence-electron chi connectivity index (χ2n) is 5.54. The second-order valence-corrected chi connectivity index (χ2v) is 5.92. The van der Waals surface area contributed by atoms with Crippen LogP contribution in [0.4, 0.5) is 0 Å². The summed E-state index contributed by atoms with van der Waals surface area (Å²) in [5.41, 5.74) is 2.75. The van der Waals surface area contributed by atoms with E-state index < -0.39 is 0 Å². The molecule has 1 aliphatic carbocycles. The molecule has 20 heavy (non-hydrogen) atoms. The summed E-state index contributed by atoms with van der Waals surface area (Å²) < 4.78 is 2.29. The molecule has 104 valence electrons. The van der Waals surface area contributed by atoms with Crippen LogP contribution in [0.2, 0.25) is 0 Å². The third-order valence-corrected chi connectivity index (χ3v) is 4.38. The van der Waals surface area contributed by atoms with Crippen LogP contribution < -0.4 is 0 Å². The summed E-state index contributed by atoms with van der Waals surface area (Å²) in [5, 5.41) is 9.08. The van der Waals surface area contributed by atoms with E-state index in [1.807, 2.05) is 18.2 Å². The third-order valence-electron chi connectivity index (χ3n) is 4.19. The van der Waals surface area contributed by atoms with E-state index in [-0.39, 0.29) is 0 Å². The van der Waals surface area contributed by atoms with Gasteiger partial charge in [0.15, 0.2) is 0 Å². The standard InChI is InChI=1S/C16H18ClN3/c17-8-7-16-19-14-6-5-13(10-18)9-15(14)20(16)11-12-3-1-2-4-12/h5-6,9,12H,1-4,7-8,11H2. The lowest BCUT2D eigenvalue weighted by Crippen LogP contribution is -2.11. The maximum Gasteiger partial charge on any atom is 0.111 e. The molecule has 0 radical (unpaired) electrons. The Morgan fingerprint density at radius 1 is 1.35 bits per heavy atom. The van der Waals surface area contributed by atoms with Crippen molar-refractivity contribution in [3.8, 4) is 6.07 Å². The third kappa shape index (κ3) is 2.53. The van der Waals surface area contributed by atoms with Crippen molar-refractivity contribution in [1.82, 2.24) is 9.55 Å². The van der Waals surface area contributed by atoms with E-state index in [9.17, 15) is 0 Å². The highest BCUT2D eigenvalue weighted by atomic mass is 35.5. The van der Waals surface area contributed by atoms with Crippen LogP contribution in [0.5, 0.6) is 0 Å². The predicted octanol–water partition coefficient (Wildman–Crippen LogP) is 3.88. The Bertz CT molecular complexity index is 648. The van der Waals surface area contributed by atoms with Gasteiger partial charge in [0.05, 0.1) is 22.7 Å². The fourth-order valence-corrected chi connectivity index (χ4v) is 3.34. The molecule has 0 amide bonds. The van der Waals surface area contributed by atoms with Gasteiger partial charge in [-0.1, -0.05) is 12.8 Å². The number of aryl methyl sites for hydroxylation is 1. The van der Waals surface area contributed by atoms with Gasteiger partial charge in [-0.05, 0) is 37.0 Å². The molecule has 0 atom stereocenters. The lowest BCUT2D eigenvalue weighted by atomic mass is 10.1. The molecule has 0 N–H and O–H groups in total. The van der Waals surface area contributed by atoms with Crippen LogP contribution in [0.3, 0.4) is 0 Å². The zero-order chi connectivity index (χ0) is 13.9. The first-order valence-corrected chi connectivity index (χ1v) is 7.80. The Balaban J connectivity index is 2.04.